The summed E-state index contributed by atoms with van der Waals surface area (Å²) in [4.78, 5) is 11.7. The van der Waals surface area contributed by atoms with E-state index >= 15 is 0 Å². The topological polar surface area (TPSA) is 35.1 Å². The van der Waals surface area contributed by atoms with Gasteiger partial charge in [0.15, 0.2) is 11.6 Å². The van der Waals surface area contributed by atoms with Gasteiger partial charge in [-0.1, -0.05) is 121 Å². The molecule has 0 fully saturated rings. The molecule has 5 heteroatoms. The van der Waals surface area contributed by atoms with E-state index in [9.17, 15) is 0 Å². The molecule has 7 aromatic carbocycles. The van der Waals surface area contributed by atoms with E-state index in [4.69, 9.17) is 9.97 Å². The first-order valence-electron chi connectivity index (χ1n) is 16.6. The smallest absolute Gasteiger partial charge is 0.163 e. The zero-order valence-electron chi connectivity index (χ0n) is 26.1. The number of para-hydroxylation sites is 2. The fourth-order valence-corrected chi connectivity index (χ4v) is 9.55. The number of fused-ring (bicyclic) bond motifs is 15. The van der Waals surface area contributed by atoms with Crippen molar-refractivity contribution in [1.82, 2.24) is 18.9 Å². The maximum atomic E-state index is 5.47. The average molecular weight is 641 g/mol. The third kappa shape index (κ3) is 3.23. The SMILES string of the molecule is c1ccc(-c2nc(-n3c4ccccc4c4c5c6ccc7ccccc7c6n6c7ccccc7c(cc43)c56)c3c(n2)sc2ccccc23)cc1. The lowest BCUT2D eigenvalue weighted by atomic mass is 10.00. The van der Waals surface area contributed by atoms with Crippen molar-refractivity contribution in [3.05, 3.63) is 146 Å². The van der Waals surface area contributed by atoms with Crippen molar-refractivity contribution in [1.29, 1.82) is 0 Å². The number of hydrogen-bond acceptors (Lipinski definition) is 3. The molecule has 0 radical (unpaired) electrons. The lowest BCUT2D eigenvalue weighted by molar-refractivity contribution is 1.08. The van der Waals surface area contributed by atoms with Gasteiger partial charge in [-0.05, 0) is 29.7 Å². The molecule has 226 valence electrons. The van der Waals surface area contributed by atoms with Gasteiger partial charge in [-0.3, -0.25) is 4.57 Å². The summed E-state index contributed by atoms with van der Waals surface area (Å²) in [5, 5.41) is 12.4. The highest BCUT2D eigenvalue weighted by atomic mass is 32.1. The number of nitrogens with zero attached hydrogens (tertiary/aromatic N) is 4. The summed E-state index contributed by atoms with van der Waals surface area (Å²) in [6, 6.07) is 52.5. The van der Waals surface area contributed by atoms with E-state index in [0.717, 1.165) is 38.5 Å². The van der Waals surface area contributed by atoms with Crippen molar-refractivity contribution in [2.45, 2.75) is 0 Å². The van der Waals surface area contributed by atoms with Crippen LogP contribution in [0.25, 0.3) is 108 Å². The van der Waals surface area contributed by atoms with Gasteiger partial charge in [0.05, 0.1) is 33.0 Å². The van der Waals surface area contributed by atoms with Crippen LogP contribution < -0.4 is 0 Å². The number of hydrogen-bond donors (Lipinski definition) is 0. The van der Waals surface area contributed by atoms with Gasteiger partial charge >= 0.3 is 0 Å². The van der Waals surface area contributed by atoms with Gasteiger partial charge in [0.25, 0.3) is 0 Å². The summed E-state index contributed by atoms with van der Waals surface area (Å²) in [6.45, 7) is 0. The molecule has 0 aliphatic heterocycles. The van der Waals surface area contributed by atoms with Crippen LogP contribution in [0, 0.1) is 0 Å². The maximum Gasteiger partial charge on any atom is 0.163 e. The second-order valence-corrected chi connectivity index (χ2v) is 14.0. The van der Waals surface area contributed by atoms with E-state index in [1.165, 1.54) is 69.7 Å². The summed E-state index contributed by atoms with van der Waals surface area (Å²) in [7, 11) is 0. The van der Waals surface area contributed by atoms with E-state index in [2.05, 4.69) is 148 Å². The Morgan fingerprint density at radius 1 is 0.449 bits per heavy atom. The van der Waals surface area contributed by atoms with Crippen LogP contribution in [0.2, 0.25) is 0 Å². The number of aromatic nitrogens is 4. The number of thiophene rings is 1. The molecule has 0 spiro atoms. The van der Waals surface area contributed by atoms with Crippen molar-refractivity contribution >= 4 is 102 Å². The van der Waals surface area contributed by atoms with Gasteiger partial charge in [-0.25, -0.2) is 9.97 Å². The van der Waals surface area contributed by atoms with Crippen LogP contribution in [0.15, 0.2) is 146 Å². The Labute approximate surface area is 283 Å². The minimum atomic E-state index is 0.736. The first-order chi connectivity index (χ1) is 24.3. The number of rotatable bonds is 2. The van der Waals surface area contributed by atoms with Crippen molar-refractivity contribution in [2.24, 2.45) is 0 Å². The van der Waals surface area contributed by atoms with Crippen molar-refractivity contribution in [3.63, 3.8) is 0 Å². The average Bonchev–Trinajstić information content (AvgIpc) is 3.90. The van der Waals surface area contributed by atoms with E-state index in [1.54, 1.807) is 11.3 Å². The largest absolute Gasteiger partial charge is 0.307 e. The van der Waals surface area contributed by atoms with Gasteiger partial charge in [0.1, 0.15) is 4.83 Å². The Kier molecular flexibility index (Phi) is 4.83. The van der Waals surface area contributed by atoms with Gasteiger partial charge < -0.3 is 4.40 Å². The second-order valence-electron chi connectivity index (χ2n) is 12.9. The zero-order chi connectivity index (χ0) is 31.8. The predicted octanol–water partition coefficient (Wildman–Crippen LogP) is 11.9. The summed E-state index contributed by atoms with van der Waals surface area (Å²) >= 11 is 1.74. The molecular formula is C44H24N4S. The van der Waals surface area contributed by atoms with Crippen LogP contribution in [0.4, 0.5) is 0 Å². The molecule has 5 heterocycles. The minimum Gasteiger partial charge on any atom is -0.307 e. The monoisotopic (exact) mass is 640 g/mol. The van der Waals surface area contributed by atoms with E-state index in [0.29, 0.717) is 0 Å². The lowest BCUT2D eigenvalue weighted by Gasteiger charge is -2.11. The van der Waals surface area contributed by atoms with Crippen LogP contribution in [0.1, 0.15) is 0 Å². The normalized spacial score (nSPS) is 12.5. The highest BCUT2D eigenvalue weighted by Gasteiger charge is 2.26. The molecule has 12 aromatic rings. The molecule has 0 unspecified atom stereocenters. The highest BCUT2D eigenvalue weighted by molar-refractivity contribution is 7.25. The van der Waals surface area contributed by atoms with Gasteiger partial charge in [0, 0.05) is 53.4 Å². The summed E-state index contributed by atoms with van der Waals surface area (Å²) < 4.78 is 6.15. The van der Waals surface area contributed by atoms with Crippen molar-refractivity contribution in [2.75, 3.05) is 0 Å². The van der Waals surface area contributed by atoms with Crippen LogP contribution in [0.3, 0.4) is 0 Å². The molecule has 0 atom stereocenters. The molecular weight excluding hydrogens is 617 g/mol. The zero-order valence-corrected chi connectivity index (χ0v) is 26.9. The molecule has 0 amide bonds. The predicted molar refractivity (Wildman–Crippen MR) is 207 cm³/mol. The third-order valence-electron chi connectivity index (χ3n) is 10.5. The molecule has 49 heavy (non-hydrogen) atoms. The number of benzene rings is 7. The van der Waals surface area contributed by atoms with Crippen LogP contribution in [-0.4, -0.2) is 18.9 Å². The molecule has 0 saturated carbocycles. The minimum absolute atomic E-state index is 0.736. The van der Waals surface area contributed by atoms with E-state index < -0.39 is 0 Å². The molecule has 0 saturated heterocycles. The van der Waals surface area contributed by atoms with Crippen molar-refractivity contribution in [3.8, 4) is 17.2 Å². The molecule has 12 rings (SSSR count). The molecule has 5 aromatic heterocycles. The lowest BCUT2D eigenvalue weighted by Crippen LogP contribution is -2.01. The van der Waals surface area contributed by atoms with Gasteiger partial charge in [-0.2, -0.15) is 0 Å². The standard InChI is InChI=1S/C44H24N4S/c1-2-13-26(14-3-1)42-45-43(39-30-18-8-11-21-36(30)49-44(39)46-42)47-34-20-10-7-17-29(34)37-35(47)24-32-28-16-6-9-19-33(28)48-40-27-15-5-4-12-25(27)22-23-31(40)38(37)41(32)48/h1-24H. The summed E-state index contributed by atoms with van der Waals surface area (Å²) in [5.74, 6) is 1.65. The highest BCUT2D eigenvalue weighted by Crippen LogP contribution is 2.48. The fourth-order valence-electron chi connectivity index (χ4n) is 8.47. The van der Waals surface area contributed by atoms with Crippen LogP contribution in [0.5, 0.6) is 0 Å². The Bertz CT molecular complexity index is 3330. The molecule has 0 bridgehead atoms. The molecule has 4 nitrogen and oxygen atoms in total. The van der Waals surface area contributed by atoms with E-state index in [-0.39, 0.29) is 0 Å². The molecule has 0 aliphatic rings. The summed E-state index contributed by atoms with van der Waals surface area (Å²) in [6.07, 6.45) is 0. The Hall–Kier alpha value is -6.30. The first-order valence-corrected chi connectivity index (χ1v) is 17.4. The van der Waals surface area contributed by atoms with Crippen LogP contribution in [-0.2, 0) is 0 Å². The Morgan fingerprint density at radius 3 is 2.04 bits per heavy atom. The summed E-state index contributed by atoms with van der Waals surface area (Å²) in [5.41, 5.74) is 7.08. The molecule has 0 aliphatic carbocycles. The van der Waals surface area contributed by atoms with Gasteiger partial charge in [-0.15, -0.1) is 11.3 Å². The van der Waals surface area contributed by atoms with Gasteiger partial charge in [0.2, 0.25) is 0 Å². The van der Waals surface area contributed by atoms with Crippen LogP contribution >= 0.6 is 11.3 Å². The maximum absolute atomic E-state index is 5.47. The third-order valence-corrected chi connectivity index (χ3v) is 11.5. The Morgan fingerprint density at radius 2 is 1.16 bits per heavy atom. The molecule has 0 N–H and O–H groups in total. The quantitative estimate of drug-likeness (QED) is 0.188. The Balaban J connectivity index is 1.36. The first kappa shape index (κ1) is 25.7. The van der Waals surface area contributed by atoms with E-state index in [1.807, 2.05) is 6.07 Å². The van der Waals surface area contributed by atoms with Crippen molar-refractivity contribution < 1.29 is 0 Å². The fraction of sp³-hybridized carbons (Fsp3) is 0. The second kappa shape index (κ2) is 9.19.